The van der Waals surface area contributed by atoms with Crippen LogP contribution in [0.25, 0.3) is 0 Å². The normalized spacial score (nSPS) is 28.1. The Hall–Kier alpha value is -0.154. The Bertz CT molecular complexity index is 133. The maximum atomic E-state index is 10.4. The van der Waals surface area contributed by atoms with Gasteiger partial charge in [0.1, 0.15) is 0 Å². The number of carbonyl (C=O) groups is 2. The first-order valence-electron chi connectivity index (χ1n) is 2.27. The number of Topliss-reactive ketones (excluding diaryl/α,β-unsaturated/α-hetero) is 2. The van der Waals surface area contributed by atoms with Crippen molar-refractivity contribution in [1.82, 2.24) is 0 Å². The standard InChI is InChI=1S/C5H6O2.Co/c1-4(6)3-5(2)7;/h3H,1H2,2H3;. The molecule has 0 aliphatic carbocycles. The molecular formula is C5H6CoO2. The van der Waals surface area contributed by atoms with E-state index < -0.39 is 0 Å². The average molecular weight is 157 g/mol. The van der Waals surface area contributed by atoms with E-state index in [-0.39, 0.29) is 16.4 Å². The summed E-state index contributed by atoms with van der Waals surface area (Å²) in [7, 11) is 0. The summed E-state index contributed by atoms with van der Waals surface area (Å²) < 4.78 is 0. The molecule has 0 N–H and O–H groups in total. The van der Waals surface area contributed by atoms with Crippen molar-refractivity contribution in [2.24, 2.45) is 0 Å². The Morgan fingerprint density at radius 1 is 1.88 bits per heavy atom. The predicted molar refractivity (Wildman–Crippen MR) is 24.2 cm³/mol. The van der Waals surface area contributed by atoms with Crippen molar-refractivity contribution in [3.63, 3.8) is 0 Å². The van der Waals surface area contributed by atoms with Crippen molar-refractivity contribution >= 4 is 11.6 Å². The van der Waals surface area contributed by atoms with E-state index in [2.05, 4.69) is 0 Å². The van der Waals surface area contributed by atoms with Gasteiger partial charge in [-0.05, 0) is 0 Å². The number of ketones is 2. The van der Waals surface area contributed by atoms with E-state index >= 15 is 0 Å². The molecule has 2 nitrogen and oxygen atoms in total. The molecule has 0 aromatic heterocycles. The zero-order chi connectivity index (χ0) is 6.15. The van der Waals surface area contributed by atoms with Gasteiger partial charge in [0.15, 0.2) is 0 Å². The molecular weight excluding hydrogens is 151 g/mol. The van der Waals surface area contributed by atoms with Crippen molar-refractivity contribution in [2.75, 3.05) is 0 Å². The fourth-order valence-electron chi connectivity index (χ4n) is 0.514. The van der Waals surface area contributed by atoms with Crippen LogP contribution >= 0.6 is 0 Å². The molecule has 0 bridgehead atoms. The molecule has 3 heteroatoms. The summed E-state index contributed by atoms with van der Waals surface area (Å²) in [5, 5.41) is 0.584. The Morgan fingerprint density at radius 3 is 2.50 bits per heavy atom. The van der Waals surface area contributed by atoms with Gasteiger partial charge in [0, 0.05) is 0 Å². The van der Waals surface area contributed by atoms with Crippen molar-refractivity contribution in [1.29, 1.82) is 0 Å². The first-order chi connectivity index (χ1) is 3.72. The summed E-state index contributed by atoms with van der Waals surface area (Å²) in [6, 6.07) is 0. The van der Waals surface area contributed by atoms with Crippen LogP contribution < -0.4 is 0 Å². The Morgan fingerprint density at radius 2 is 2.50 bits per heavy atom. The summed E-state index contributed by atoms with van der Waals surface area (Å²) in [5.74, 6) is 0.124. The molecule has 0 saturated carbocycles. The van der Waals surface area contributed by atoms with Gasteiger partial charge in [-0.25, -0.2) is 0 Å². The molecule has 1 aliphatic heterocycles. The maximum absolute atomic E-state index is 10.4. The number of hydrogen-bond donors (Lipinski definition) is 0. The number of rotatable bonds is 1. The molecule has 0 aromatic carbocycles. The molecule has 1 atom stereocenters. The van der Waals surface area contributed by atoms with E-state index in [0.29, 0.717) is 5.36 Å². The molecule has 1 fully saturated rings. The summed E-state index contributed by atoms with van der Waals surface area (Å²) in [6.07, 6.45) is 0. The molecule has 47 valence electrons. The van der Waals surface area contributed by atoms with Gasteiger partial charge in [0.2, 0.25) is 0 Å². The third-order valence-corrected chi connectivity index (χ3v) is 2.69. The number of carbonyl (C=O) groups excluding carboxylic acids is 2. The van der Waals surface area contributed by atoms with Crippen LogP contribution in [-0.2, 0) is 24.3 Å². The third-order valence-electron chi connectivity index (χ3n) is 0.927. The van der Waals surface area contributed by atoms with Gasteiger partial charge >= 0.3 is 53.0 Å². The van der Waals surface area contributed by atoms with Crippen LogP contribution in [0.4, 0.5) is 0 Å². The summed E-state index contributed by atoms with van der Waals surface area (Å²) >= 11 is 1.02. The van der Waals surface area contributed by atoms with Crippen LogP contribution in [0.1, 0.15) is 6.92 Å². The van der Waals surface area contributed by atoms with Gasteiger partial charge in [0.05, 0.1) is 0 Å². The summed E-state index contributed by atoms with van der Waals surface area (Å²) in [6.45, 7) is 1.47. The van der Waals surface area contributed by atoms with Crippen LogP contribution in [0.3, 0.4) is 0 Å². The van der Waals surface area contributed by atoms with Gasteiger partial charge in [-0.3, -0.25) is 0 Å². The fourth-order valence-corrected chi connectivity index (χ4v) is 1.41. The van der Waals surface area contributed by atoms with Gasteiger partial charge in [-0.15, -0.1) is 0 Å². The first-order valence-corrected chi connectivity index (χ1v) is 3.60. The van der Waals surface area contributed by atoms with Gasteiger partial charge in [-0.1, -0.05) is 0 Å². The minimum atomic E-state index is -0.258. The Balaban J connectivity index is 2.49. The van der Waals surface area contributed by atoms with Gasteiger partial charge in [-0.2, -0.15) is 0 Å². The zero-order valence-electron chi connectivity index (χ0n) is 4.43. The Kier molecular flexibility index (Phi) is 1.49. The molecule has 1 heterocycles. The second kappa shape index (κ2) is 1.99. The second-order valence-corrected chi connectivity index (χ2v) is 3.06. The van der Waals surface area contributed by atoms with Crippen LogP contribution in [-0.4, -0.2) is 11.6 Å². The quantitative estimate of drug-likeness (QED) is 0.517. The molecule has 1 rings (SSSR count). The molecule has 1 unspecified atom stereocenters. The van der Waals surface area contributed by atoms with E-state index in [1.807, 2.05) is 0 Å². The van der Waals surface area contributed by atoms with Crippen LogP contribution in [0.2, 0.25) is 10.2 Å². The van der Waals surface area contributed by atoms with E-state index in [0.717, 1.165) is 14.7 Å². The monoisotopic (exact) mass is 157 g/mol. The van der Waals surface area contributed by atoms with Crippen LogP contribution in [0.5, 0.6) is 0 Å². The molecule has 0 radical (unpaired) electrons. The first kappa shape index (κ1) is 5.97. The summed E-state index contributed by atoms with van der Waals surface area (Å²) in [5.41, 5.74) is 0. The van der Waals surface area contributed by atoms with E-state index in [4.69, 9.17) is 0 Å². The Labute approximate surface area is 53.6 Å². The molecule has 0 aromatic rings. The van der Waals surface area contributed by atoms with Crippen LogP contribution in [0.15, 0.2) is 0 Å². The topological polar surface area (TPSA) is 34.1 Å². The molecule has 1 saturated heterocycles. The van der Waals surface area contributed by atoms with E-state index in [1.165, 1.54) is 6.92 Å². The van der Waals surface area contributed by atoms with Crippen molar-refractivity contribution in [3.8, 4) is 0 Å². The zero-order valence-corrected chi connectivity index (χ0v) is 5.48. The molecule has 0 amide bonds. The fraction of sp³-hybridized carbons (Fsp3) is 0.600. The summed E-state index contributed by atoms with van der Waals surface area (Å²) in [4.78, 5) is 20.6. The molecule has 8 heavy (non-hydrogen) atoms. The van der Waals surface area contributed by atoms with Crippen molar-refractivity contribution in [3.05, 3.63) is 0 Å². The van der Waals surface area contributed by atoms with Gasteiger partial charge in [0.25, 0.3) is 0 Å². The predicted octanol–water partition coefficient (Wildman–Crippen LogP) is 0.447. The second-order valence-electron chi connectivity index (χ2n) is 1.67. The van der Waals surface area contributed by atoms with Gasteiger partial charge < -0.3 is 0 Å². The number of hydrogen-bond acceptors (Lipinski definition) is 2. The molecule has 1 aliphatic rings. The third kappa shape index (κ3) is 0.832. The minimum absolute atomic E-state index is 0.0150. The average Bonchev–Trinajstić information content (AvgIpc) is 1.61. The van der Waals surface area contributed by atoms with Crippen LogP contribution in [0, 0.1) is 0 Å². The van der Waals surface area contributed by atoms with Crippen molar-refractivity contribution < 1.29 is 24.3 Å². The molecule has 0 spiro atoms. The van der Waals surface area contributed by atoms with Crippen molar-refractivity contribution in [2.45, 2.75) is 17.1 Å². The SMILES string of the molecule is CC(=O)[CH]1[Co][CH2]C1=O. The van der Waals surface area contributed by atoms with E-state index in [9.17, 15) is 9.59 Å². The van der Waals surface area contributed by atoms with E-state index in [1.54, 1.807) is 0 Å².